The SMILES string of the molecule is CNC(C)C(=O)NC(CC(C)C)C(=O)N1Cc2ccccc2[C@H]1C(=O)Nc1c(F)cccc1F. The van der Waals surface area contributed by atoms with Gasteiger partial charge in [0, 0.05) is 6.54 Å². The molecule has 0 aliphatic carbocycles. The number of benzene rings is 2. The zero-order valence-corrected chi connectivity index (χ0v) is 19.7. The molecule has 0 spiro atoms. The van der Waals surface area contributed by atoms with Crippen molar-refractivity contribution >= 4 is 23.4 Å². The van der Waals surface area contributed by atoms with Crippen molar-refractivity contribution in [1.82, 2.24) is 15.5 Å². The largest absolute Gasteiger partial charge is 0.343 e. The molecule has 3 N–H and O–H groups in total. The van der Waals surface area contributed by atoms with E-state index in [0.717, 1.165) is 17.7 Å². The Morgan fingerprint density at radius 3 is 2.29 bits per heavy atom. The summed E-state index contributed by atoms with van der Waals surface area (Å²) in [6.45, 7) is 5.67. The van der Waals surface area contributed by atoms with Crippen LogP contribution >= 0.6 is 0 Å². The van der Waals surface area contributed by atoms with Gasteiger partial charge in [-0.2, -0.15) is 0 Å². The van der Waals surface area contributed by atoms with E-state index in [1.54, 1.807) is 38.2 Å². The third-order valence-corrected chi connectivity index (χ3v) is 5.89. The highest BCUT2D eigenvalue weighted by Crippen LogP contribution is 2.36. The summed E-state index contributed by atoms with van der Waals surface area (Å²) in [4.78, 5) is 40.8. The fourth-order valence-electron chi connectivity index (χ4n) is 4.01. The van der Waals surface area contributed by atoms with E-state index in [1.807, 2.05) is 13.8 Å². The molecule has 9 heteroatoms. The zero-order chi connectivity index (χ0) is 25.0. The van der Waals surface area contributed by atoms with Crippen LogP contribution in [0.5, 0.6) is 0 Å². The summed E-state index contributed by atoms with van der Waals surface area (Å²) in [5, 5.41) is 7.94. The second kappa shape index (κ2) is 10.7. The molecular weight excluding hydrogens is 442 g/mol. The molecule has 0 saturated carbocycles. The van der Waals surface area contributed by atoms with Crippen molar-refractivity contribution in [1.29, 1.82) is 0 Å². The number of anilines is 1. The molecule has 3 atom stereocenters. The van der Waals surface area contributed by atoms with Crippen molar-refractivity contribution in [3.8, 4) is 0 Å². The topological polar surface area (TPSA) is 90.5 Å². The first kappa shape index (κ1) is 25.3. The normalized spacial score (nSPS) is 16.7. The van der Waals surface area contributed by atoms with Crippen molar-refractivity contribution in [3.05, 3.63) is 65.2 Å². The van der Waals surface area contributed by atoms with E-state index in [2.05, 4.69) is 16.0 Å². The second-order valence-electron chi connectivity index (χ2n) is 8.85. The number of nitrogens with one attached hydrogen (secondary N) is 3. The average molecular weight is 473 g/mol. The zero-order valence-electron chi connectivity index (χ0n) is 19.7. The Morgan fingerprint density at radius 1 is 1.03 bits per heavy atom. The minimum Gasteiger partial charge on any atom is -0.343 e. The predicted molar refractivity (Wildman–Crippen MR) is 125 cm³/mol. The first-order chi connectivity index (χ1) is 16.1. The Morgan fingerprint density at radius 2 is 1.68 bits per heavy atom. The van der Waals surface area contributed by atoms with Crippen LogP contribution in [0.4, 0.5) is 14.5 Å². The third-order valence-electron chi connectivity index (χ3n) is 5.89. The molecule has 7 nitrogen and oxygen atoms in total. The molecule has 34 heavy (non-hydrogen) atoms. The van der Waals surface area contributed by atoms with Gasteiger partial charge in [-0.05, 0) is 49.6 Å². The summed E-state index contributed by atoms with van der Waals surface area (Å²) < 4.78 is 28.4. The van der Waals surface area contributed by atoms with Gasteiger partial charge in [0.2, 0.25) is 11.8 Å². The van der Waals surface area contributed by atoms with Crippen molar-refractivity contribution in [2.45, 2.75) is 51.9 Å². The summed E-state index contributed by atoms with van der Waals surface area (Å²) in [6.07, 6.45) is 0.365. The number of hydrogen-bond donors (Lipinski definition) is 3. The summed E-state index contributed by atoms with van der Waals surface area (Å²) >= 11 is 0. The fraction of sp³-hybridized carbons (Fsp3) is 0.400. The molecule has 2 unspecified atom stereocenters. The third kappa shape index (κ3) is 5.41. The number of nitrogens with zero attached hydrogens (tertiary/aromatic N) is 1. The molecule has 1 heterocycles. The van der Waals surface area contributed by atoms with Crippen LogP contribution in [0.3, 0.4) is 0 Å². The maximum absolute atomic E-state index is 14.2. The maximum Gasteiger partial charge on any atom is 0.252 e. The molecule has 0 saturated heterocycles. The number of carbonyl (C=O) groups is 3. The van der Waals surface area contributed by atoms with E-state index in [9.17, 15) is 23.2 Å². The summed E-state index contributed by atoms with van der Waals surface area (Å²) in [7, 11) is 1.64. The molecule has 0 radical (unpaired) electrons. The Kier molecular flexibility index (Phi) is 7.98. The molecule has 2 aromatic carbocycles. The lowest BCUT2D eigenvalue weighted by Gasteiger charge is -2.30. The van der Waals surface area contributed by atoms with Crippen molar-refractivity contribution in [2.24, 2.45) is 5.92 Å². The van der Waals surface area contributed by atoms with E-state index in [1.165, 1.54) is 11.0 Å². The van der Waals surface area contributed by atoms with Gasteiger partial charge in [0.25, 0.3) is 5.91 Å². The first-order valence-electron chi connectivity index (χ1n) is 11.2. The van der Waals surface area contributed by atoms with Gasteiger partial charge >= 0.3 is 0 Å². The van der Waals surface area contributed by atoms with Crippen LogP contribution in [0.25, 0.3) is 0 Å². The van der Waals surface area contributed by atoms with E-state index in [4.69, 9.17) is 0 Å². The lowest BCUT2D eigenvalue weighted by atomic mass is 10.0. The van der Waals surface area contributed by atoms with Gasteiger partial charge < -0.3 is 20.9 Å². The number of hydrogen-bond acceptors (Lipinski definition) is 4. The van der Waals surface area contributed by atoms with Gasteiger partial charge in [-0.3, -0.25) is 14.4 Å². The summed E-state index contributed by atoms with van der Waals surface area (Å²) in [5.74, 6) is -3.25. The van der Waals surface area contributed by atoms with Gasteiger partial charge in [-0.15, -0.1) is 0 Å². The van der Waals surface area contributed by atoms with E-state index in [-0.39, 0.29) is 18.4 Å². The molecule has 182 valence electrons. The molecule has 1 aliphatic heterocycles. The molecule has 0 aromatic heterocycles. The Hall–Kier alpha value is -3.33. The van der Waals surface area contributed by atoms with Crippen LogP contribution < -0.4 is 16.0 Å². The van der Waals surface area contributed by atoms with Crippen LogP contribution in [0.15, 0.2) is 42.5 Å². The molecule has 1 aliphatic rings. The number of amides is 3. The van der Waals surface area contributed by atoms with Crippen LogP contribution in [0, 0.1) is 17.6 Å². The Balaban J connectivity index is 1.93. The van der Waals surface area contributed by atoms with Gasteiger partial charge in [0.05, 0.1) is 6.04 Å². The lowest BCUT2D eigenvalue weighted by molar-refractivity contribution is -0.142. The summed E-state index contributed by atoms with van der Waals surface area (Å²) in [5.41, 5.74) is 0.755. The predicted octanol–water partition coefficient (Wildman–Crippen LogP) is 3.13. The number of para-hydroxylation sites is 1. The van der Waals surface area contributed by atoms with E-state index in [0.29, 0.717) is 12.0 Å². The molecule has 2 aromatic rings. The van der Waals surface area contributed by atoms with E-state index < -0.39 is 47.3 Å². The quantitative estimate of drug-likeness (QED) is 0.551. The highest BCUT2D eigenvalue weighted by atomic mass is 19.1. The first-order valence-corrected chi connectivity index (χ1v) is 11.2. The van der Waals surface area contributed by atoms with Crippen molar-refractivity contribution in [3.63, 3.8) is 0 Å². The number of likely N-dealkylation sites (N-methyl/N-ethyl adjacent to an activating group) is 1. The maximum atomic E-state index is 14.2. The number of carbonyl (C=O) groups excluding carboxylic acids is 3. The van der Waals surface area contributed by atoms with Crippen molar-refractivity contribution < 1.29 is 23.2 Å². The highest BCUT2D eigenvalue weighted by Gasteiger charge is 2.41. The number of rotatable bonds is 8. The van der Waals surface area contributed by atoms with Crippen LogP contribution in [0.1, 0.15) is 44.4 Å². The second-order valence-corrected chi connectivity index (χ2v) is 8.85. The van der Waals surface area contributed by atoms with Crippen LogP contribution in [-0.2, 0) is 20.9 Å². The average Bonchev–Trinajstić information content (AvgIpc) is 3.19. The van der Waals surface area contributed by atoms with Crippen molar-refractivity contribution in [2.75, 3.05) is 12.4 Å². The molecule has 0 bridgehead atoms. The Bertz CT molecular complexity index is 1060. The molecule has 0 fully saturated rings. The monoisotopic (exact) mass is 472 g/mol. The lowest BCUT2D eigenvalue weighted by Crippen LogP contribution is -2.53. The molecule has 3 amide bonds. The Labute approximate surface area is 197 Å². The number of fused-ring (bicyclic) bond motifs is 1. The van der Waals surface area contributed by atoms with Gasteiger partial charge in [0.1, 0.15) is 29.4 Å². The highest BCUT2D eigenvalue weighted by molar-refractivity contribution is 6.00. The van der Waals surface area contributed by atoms with E-state index >= 15 is 0 Å². The summed E-state index contributed by atoms with van der Waals surface area (Å²) in [6, 6.07) is 7.85. The van der Waals surface area contributed by atoms with Crippen LogP contribution in [-0.4, -0.2) is 41.8 Å². The van der Waals surface area contributed by atoms with Crippen LogP contribution in [0.2, 0.25) is 0 Å². The fourth-order valence-corrected chi connectivity index (χ4v) is 4.01. The minimum absolute atomic E-state index is 0.0870. The molecule has 3 rings (SSSR count). The van der Waals surface area contributed by atoms with Gasteiger partial charge in [-0.1, -0.05) is 44.2 Å². The number of halogens is 2. The smallest absolute Gasteiger partial charge is 0.252 e. The van der Waals surface area contributed by atoms with Gasteiger partial charge in [0.15, 0.2) is 0 Å². The standard InChI is InChI=1S/C25H30F2N4O3/c1-14(2)12-20(29-23(32)15(3)28-4)25(34)31-13-16-8-5-6-9-17(16)22(31)24(33)30-21-18(26)10-7-11-19(21)27/h5-11,14-15,20,22,28H,12-13H2,1-4H3,(H,29,32)(H,30,33)/t15?,20?,22-/m0/s1. The minimum atomic E-state index is -1.10. The molecular formula is C25H30F2N4O3. The van der Waals surface area contributed by atoms with Gasteiger partial charge in [-0.25, -0.2) is 8.78 Å².